The highest BCUT2D eigenvalue weighted by molar-refractivity contribution is 7.10. The van der Waals surface area contributed by atoms with E-state index in [1.165, 1.54) is 10.4 Å². The number of halogens is 3. The summed E-state index contributed by atoms with van der Waals surface area (Å²) in [6.45, 7) is 2.08. The summed E-state index contributed by atoms with van der Waals surface area (Å²) in [5, 5.41) is 8.22. The average molecular weight is 323 g/mol. The smallest absolute Gasteiger partial charge is 0.372 e. The molecule has 0 saturated heterocycles. The molecule has 0 amide bonds. The fourth-order valence-corrected chi connectivity index (χ4v) is 2.38. The van der Waals surface area contributed by atoms with E-state index < -0.39 is 12.8 Å². The molecule has 1 aromatic rings. The van der Waals surface area contributed by atoms with Gasteiger partial charge in [0, 0.05) is 25.1 Å². The van der Waals surface area contributed by atoms with Crippen molar-refractivity contribution in [1.82, 2.24) is 10.6 Å². The van der Waals surface area contributed by atoms with Gasteiger partial charge in [-0.25, -0.2) is 0 Å². The predicted octanol–water partition coefficient (Wildman–Crippen LogP) is 2.69. The summed E-state index contributed by atoms with van der Waals surface area (Å²) in [6, 6.07) is 2.05. The molecular formula is C13H20F3N3OS. The van der Waals surface area contributed by atoms with Crippen LogP contribution in [0.1, 0.15) is 16.9 Å². The van der Waals surface area contributed by atoms with Gasteiger partial charge in [-0.05, 0) is 30.4 Å². The Kier molecular flexibility index (Phi) is 7.52. The van der Waals surface area contributed by atoms with Gasteiger partial charge >= 0.3 is 6.18 Å². The van der Waals surface area contributed by atoms with Crippen molar-refractivity contribution in [3.63, 3.8) is 0 Å². The van der Waals surface area contributed by atoms with Crippen LogP contribution in [0.2, 0.25) is 0 Å². The highest BCUT2D eigenvalue weighted by Gasteiger charge is 2.27. The van der Waals surface area contributed by atoms with Gasteiger partial charge < -0.3 is 15.4 Å². The highest BCUT2D eigenvalue weighted by atomic mass is 32.1. The number of thiophene rings is 1. The van der Waals surface area contributed by atoms with Crippen LogP contribution in [0.5, 0.6) is 0 Å². The van der Waals surface area contributed by atoms with E-state index in [1.807, 2.05) is 12.3 Å². The minimum absolute atomic E-state index is 0.0630. The quantitative estimate of drug-likeness (QED) is 0.461. The van der Waals surface area contributed by atoms with Crippen LogP contribution in [0.4, 0.5) is 13.2 Å². The van der Waals surface area contributed by atoms with Gasteiger partial charge in [-0.15, -0.1) is 11.3 Å². The lowest BCUT2D eigenvalue weighted by Crippen LogP contribution is -2.37. The summed E-state index contributed by atoms with van der Waals surface area (Å²) < 4.78 is 40.1. The van der Waals surface area contributed by atoms with Crippen LogP contribution in [0.25, 0.3) is 0 Å². The molecule has 0 fully saturated rings. The van der Waals surface area contributed by atoms with E-state index >= 15 is 0 Å². The molecule has 8 heteroatoms. The first-order chi connectivity index (χ1) is 9.92. The van der Waals surface area contributed by atoms with Crippen LogP contribution in [-0.2, 0) is 11.3 Å². The SMILES string of the molecule is CN=C(NCCCOCC(F)(F)F)NCc1sccc1C. The number of nitrogens with one attached hydrogen (secondary N) is 2. The Balaban J connectivity index is 2.13. The van der Waals surface area contributed by atoms with Gasteiger partial charge in [0.05, 0.1) is 6.54 Å². The number of aryl methyl sites for hydroxylation is 1. The van der Waals surface area contributed by atoms with Crippen LogP contribution in [0.15, 0.2) is 16.4 Å². The second kappa shape index (κ2) is 8.89. The monoisotopic (exact) mass is 323 g/mol. The Morgan fingerprint density at radius 1 is 1.38 bits per heavy atom. The number of nitrogens with zero attached hydrogens (tertiary/aromatic N) is 1. The molecule has 21 heavy (non-hydrogen) atoms. The fraction of sp³-hybridized carbons (Fsp3) is 0.615. The third-order valence-corrected chi connectivity index (χ3v) is 3.65. The molecule has 0 aliphatic heterocycles. The molecule has 0 aliphatic rings. The molecule has 120 valence electrons. The Morgan fingerprint density at radius 3 is 2.71 bits per heavy atom. The minimum Gasteiger partial charge on any atom is -0.372 e. The van der Waals surface area contributed by atoms with E-state index in [2.05, 4.69) is 26.4 Å². The third-order valence-electron chi connectivity index (χ3n) is 2.63. The summed E-state index contributed by atoms with van der Waals surface area (Å²) in [6.07, 6.45) is -3.78. The number of rotatable bonds is 7. The molecule has 0 bridgehead atoms. The van der Waals surface area contributed by atoms with E-state index in [9.17, 15) is 13.2 Å². The van der Waals surface area contributed by atoms with Crippen LogP contribution < -0.4 is 10.6 Å². The van der Waals surface area contributed by atoms with E-state index in [1.54, 1.807) is 18.4 Å². The number of aliphatic imine (C=N–C) groups is 1. The fourth-order valence-electron chi connectivity index (χ4n) is 1.54. The van der Waals surface area contributed by atoms with Gasteiger partial charge in [-0.1, -0.05) is 0 Å². The summed E-state index contributed by atoms with van der Waals surface area (Å²) in [5.74, 6) is 0.624. The Bertz CT molecular complexity index is 446. The highest BCUT2D eigenvalue weighted by Crippen LogP contribution is 2.15. The van der Waals surface area contributed by atoms with E-state index in [0.29, 0.717) is 25.5 Å². The maximum Gasteiger partial charge on any atom is 0.411 e. The minimum atomic E-state index is -4.26. The van der Waals surface area contributed by atoms with Crippen molar-refractivity contribution in [3.8, 4) is 0 Å². The number of ether oxygens (including phenoxy) is 1. The zero-order valence-electron chi connectivity index (χ0n) is 12.1. The molecule has 0 aromatic carbocycles. The Labute approximate surface area is 126 Å². The second-order valence-electron chi connectivity index (χ2n) is 4.40. The lowest BCUT2D eigenvalue weighted by Gasteiger charge is -2.12. The number of hydrogen-bond donors (Lipinski definition) is 2. The van der Waals surface area contributed by atoms with Crippen molar-refractivity contribution in [2.45, 2.75) is 26.1 Å². The molecule has 1 rings (SSSR count). The van der Waals surface area contributed by atoms with Crippen molar-refractivity contribution in [2.75, 3.05) is 26.8 Å². The molecule has 0 aliphatic carbocycles. The lowest BCUT2D eigenvalue weighted by atomic mass is 10.3. The van der Waals surface area contributed by atoms with Crippen molar-refractivity contribution in [1.29, 1.82) is 0 Å². The normalized spacial score (nSPS) is 12.5. The van der Waals surface area contributed by atoms with Crippen LogP contribution in [0, 0.1) is 6.92 Å². The molecule has 2 N–H and O–H groups in total. The maximum atomic E-state index is 11.8. The van der Waals surface area contributed by atoms with Crippen molar-refractivity contribution in [2.24, 2.45) is 4.99 Å². The third kappa shape index (κ3) is 7.91. The second-order valence-corrected chi connectivity index (χ2v) is 5.40. The van der Waals surface area contributed by atoms with Gasteiger partial charge in [-0.3, -0.25) is 4.99 Å². The summed E-state index contributed by atoms with van der Waals surface area (Å²) in [7, 11) is 1.65. The molecule has 0 unspecified atom stereocenters. The van der Waals surface area contributed by atoms with Gasteiger partial charge in [0.2, 0.25) is 0 Å². The van der Waals surface area contributed by atoms with Gasteiger partial charge in [0.25, 0.3) is 0 Å². The number of hydrogen-bond acceptors (Lipinski definition) is 3. The van der Waals surface area contributed by atoms with E-state index in [4.69, 9.17) is 0 Å². The summed E-state index contributed by atoms with van der Waals surface area (Å²) >= 11 is 1.67. The van der Waals surface area contributed by atoms with Gasteiger partial charge in [-0.2, -0.15) is 13.2 Å². The zero-order valence-corrected chi connectivity index (χ0v) is 12.9. The zero-order chi connectivity index (χ0) is 15.7. The summed E-state index contributed by atoms with van der Waals surface area (Å²) in [4.78, 5) is 5.28. The number of alkyl halides is 3. The van der Waals surface area contributed by atoms with E-state index in [-0.39, 0.29) is 6.61 Å². The van der Waals surface area contributed by atoms with Crippen LogP contribution in [0.3, 0.4) is 0 Å². The Morgan fingerprint density at radius 2 is 2.14 bits per heavy atom. The molecule has 4 nitrogen and oxygen atoms in total. The van der Waals surface area contributed by atoms with Gasteiger partial charge in [0.15, 0.2) is 5.96 Å². The molecule has 1 aromatic heterocycles. The summed E-state index contributed by atoms with van der Waals surface area (Å²) in [5.41, 5.74) is 1.23. The topological polar surface area (TPSA) is 45.7 Å². The standard InChI is InChI=1S/C13H20F3N3OS/c1-10-4-7-21-11(10)8-19-12(17-2)18-5-3-6-20-9-13(14,15)16/h4,7H,3,5-6,8-9H2,1-2H3,(H2,17,18,19). The number of guanidine groups is 1. The largest absolute Gasteiger partial charge is 0.411 e. The lowest BCUT2D eigenvalue weighted by molar-refractivity contribution is -0.173. The van der Waals surface area contributed by atoms with Crippen molar-refractivity contribution >= 4 is 17.3 Å². The van der Waals surface area contributed by atoms with Crippen LogP contribution in [-0.4, -0.2) is 38.9 Å². The first-order valence-electron chi connectivity index (χ1n) is 6.54. The van der Waals surface area contributed by atoms with Gasteiger partial charge in [0.1, 0.15) is 6.61 Å². The van der Waals surface area contributed by atoms with Crippen molar-refractivity contribution < 1.29 is 17.9 Å². The molecular weight excluding hydrogens is 303 g/mol. The maximum absolute atomic E-state index is 11.8. The van der Waals surface area contributed by atoms with E-state index in [0.717, 1.165) is 0 Å². The molecule has 0 radical (unpaired) electrons. The average Bonchev–Trinajstić information content (AvgIpc) is 2.81. The Hall–Kier alpha value is -1.28. The van der Waals surface area contributed by atoms with Crippen molar-refractivity contribution in [3.05, 3.63) is 21.9 Å². The molecule has 0 saturated carbocycles. The van der Waals surface area contributed by atoms with Crippen LogP contribution >= 0.6 is 11.3 Å². The first-order valence-corrected chi connectivity index (χ1v) is 7.42. The predicted molar refractivity (Wildman–Crippen MR) is 78.7 cm³/mol. The first kappa shape index (κ1) is 17.8. The molecule has 0 atom stereocenters. The molecule has 1 heterocycles. The molecule has 0 spiro atoms.